The molecule has 49 heavy (non-hydrogen) atoms. The minimum Gasteiger partial charge on any atom is -0.208 e. The predicted molar refractivity (Wildman–Crippen MR) is 197 cm³/mol. The second-order valence-electron chi connectivity index (χ2n) is 16.1. The zero-order chi connectivity index (χ0) is 32.5. The first-order chi connectivity index (χ1) is 24.0. The average molecular weight is 634 g/mol. The molecule has 1 aromatic heterocycles. The molecule has 0 aliphatic heterocycles. The topological polar surface area (TPSA) is 38.7 Å². The Balaban J connectivity index is 1.14. The van der Waals surface area contributed by atoms with Crippen molar-refractivity contribution >= 4 is 0 Å². The van der Waals surface area contributed by atoms with Crippen molar-refractivity contribution in [2.75, 3.05) is 0 Å². The van der Waals surface area contributed by atoms with Gasteiger partial charge in [0.15, 0.2) is 17.5 Å². The summed E-state index contributed by atoms with van der Waals surface area (Å²) in [6, 6.07) is 42.4. The highest BCUT2D eigenvalue weighted by atomic mass is 15.0. The van der Waals surface area contributed by atoms with Gasteiger partial charge in [0.1, 0.15) is 0 Å². The van der Waals surface area contributed by atoms with Crippen molar-refractivity contribution in [1.82, 2.24) is 15.0 Å². The molecule has 5 aromatic carbocycles. The first-order valence-corrected chi connectivity index (χ1v) is 18.3. The summed E-state index contributed by atoms with van der Waals surface area (Å²) in [6.07, 6.45) is 6.83. The maximum absolute atomic E-state index is 5.44. The molecule has 3 heteroatoms. The van der Waals surface area contributed by atoms with E-state index in [0.29, 0.717) is 11.8 Å². The number of aromatic nitrogens is 3. The van der Waals surface area contributed by atoms with Crippen LogP contribution in [0.25, 0.3) is 56.4 Å². The Kier molecular flexibility index (Phi) is 5.63. The third kappa shape index (κ3) is 3.71. The quantitative estimate of drug-likeness (QED) is 0.195. The number of hydrogen-bond donors (Lipinski definition) is 0. The minimum absolute atomic E-state index is 0.0268. The lowest BCUT2D eigenvalue weighted by atomic mass is 9.43. The van der Waals surface area contributed by atoms with Gasteiger partial charge in [-0.2, -0.15) is 0 Å². The van der Waals surface area contributed by atoms with E-state index >= 15 is 0 Å². The number of fused-ring (bicyclic) bond motifs is 6. The Labute approximate surface area is 288 Å². The molecule has 0 radical (unpaired) electrons. The molecule has 0 saturated heterocycles. The minimum atomic E-state index is -0.0993. The Hall–Kier alpha value is -4.89. The largest absolute Gasteiger partial charge is 0.208 e. The van der Waals surface area contributed by atoms with Crippen LogP contribution in [0.4, 0.5) is 0 Å². The number of nitrogens with zero attached hydrogens (tertiary/aromatic N) is 3. The maximum atomic E-state index is 5.44. The highest BCUT2D eigenvalue weighted by Gasteiger charge is 2.62. The van der Waals surface area contributed by atoms with Crippen molar-refractivity contribution in [3.63, 3.8) is 0 Å². The van der Waals surface area contributed by atoms with Gasteiger partial charge in [-0.3, -0.25) is 0 Å². The summed E-state index contributed by atoms with van der Waals surface area (Å²) in [5.74, 6) is 5.39. The molecule has 0 unspecified atom stereocenters. The summed E-state index contributed by atoms with van der Waals surface area (Å²) in [4.78, 5) is 16.0. The lowest BCUT2D eigenvalue weighted by Crippen LogP contribution is -2.55. The zero-order valence-electron chi connectivity index (χ0n) is 28.2. The molecule has 4 saturated carbocycles. The van der Waals surface area contributed by atoms with Gasteiger partial charge in [-0.05, 0) is 106 Å². The molecule has 0 atom stereocenters. The van der Waals surface area contributed by atoms with E-state index in [1.165, 1.54) is 76.6 Å². The lowest BCUT2D eigenvalue weighted by Gasteiger charge is -2.61. The van der Waals surface area contributed by atoms with Crippen LogP contribution in [0.3, 0.4) is 0 Å². The molecule has 6 aliphatic carbocycles. The van der Waals surface area contributed by atoms with Gasteiger partial charge in [0, 0.05) is 27.5 Å². The Morgan fingerprint density at radius 2 is 1.00 bits per heavy atom. The highest BCUT2D eigenvalue weighted by molar-refractivity contribution is 5.89. The van der Waals surface area contributed by atoms with E-state index in [-0.39, 0.29) is 10.8 Å². The molecule has 3 nitrogen and oxygen atoms in total. The van der Waals surface area contributed by atoms with Crippen LogP contribution in [0, 0.1) is 23.7 Å². The SMILES string of the molecule is CC1(C)c2ccccc2-c2ccc(-c3nc(-c4ccccc4)nc(-c4cccc5c4C4(c6ccccc6-5)C5CC6CC(C5)CC4C6)n3)cc21. The molecule has 4 fully saturated rings. The summed E-state index contributed by atoms with van der Waals surface area (Å²) in [6.45, 7) is 4.68. The van der Waals surface area contributed by atoms with E-state index in [4.69, 9.17) is 15.0 Å². The van der Waals surface area contributed by atoms with Crippen LogP contribution in [0.2, 0.25) is 0 Å². The van der Waals surface area contributed by atoms with E-state index in [2.05, 4.69) is 129 Å². The number of rotatable bonds is 3. The Morgan fingerprint density at radius 3 is 1.73 bits per heavy atom. The summed E-state index contributed by atoms with van der Waals surface area (Å²) >= 11 is 0. The molecular formula is C46H39N3. The third-order valence-electron chi connectivity index (χ3n) is 13.3. The monoisotopic (exact) mass is 633 g/mol. The molecule has 238 valence electrons. The molecule has 1 heterocycles. The molecule has 1 spiro atoms. The fourth-order valence-electron chi connectivity index (χ4n) is 11.6. The van der Waals surface area contributed by atoms with Crippen molar-refractivity contribution in [1.29, 1.82) is 0 Å². The third-order valence-corrected chi connectivity index (χ3v) is 13.3. The first-order valence-electron chi connectivity index (χ1n) is 18.3. The van der Waals surface area contributed by atoms with Gasteiger partial charge in [0.05, 0.1) is 0 Å². The van der Waals surface area contributed by atoms with Crippen molar-refractivity contribution in [2.24, 2.45) is 23.7 Å². The summed E-state index contributed by atoms with van der Waals surface area (Å²) in [7, 11) is 0. The van der Waals surface area contributed by atoms with E-state index in [9.17, 15) is 0 Å². The predicted octanol–water partition coefficient (Wildman–Crippen LogP) is 10.9. The molecule has 0 N–H and O–H groups in total. The van der Waals surface area contributed by atoms with E-state index in [0.717, 1.165) is 40.4 Å². The maximum Gasteiger partial charge on any atom is 0.164 e. The van der Waals surface area contributed by atoms with Crippen molar-refractivity contribution in [3.8, 4) is 56.4 Å². The van der Waals surface area contributed by atoms with Crippen LogP contribution < -0.4 is 0 Å². The van der Waals surface area contributed by atoms with Gasteiger partial charge >= 0.3 is 0 Å². The van der Waals surface area contributed by atoms with Crippen molar-refractivity contribution in [2.45, 2.75) is 56.8 Å². The average Bonchev–Trinajstić information content (AvgIpc) is 3.56. The van der Waals surface area contributed by atoms with Crippen LogP contribution in [0.15, 0.2) is 115 Å². The highest BCUT2D eigenvalue weighted by Crippen LogP contribution is 2.70. The van der Waals surface area contributed by atoms with Crippen LogP contribution in [-0.4, -0.2) is 15.0 Å². The summed E-state index contributed by atoms with van der Waals surface area (Å²) in [5, 5.41) is 0. The van der Waals surface area contributed by atoms with Crippen LogP contribution in [0.5, 0.6) is 0 Å². The second kappa shape index (κ2) is 9.85. The summed E-state index contributed by atoms with van der Waals surface area (Å²) in [5.41, 5.74) is 14.4. The Bertz CT molecular complexity index is 2310. The fourth-order valence-corrected chi connectivity index (χ4v) is 11.6. The van der Waals surface area contributed by atoms with Gasteiger partial charge in [0.25, 0.3) is 0 Å². The Morgan fingerprint density at radius 1 is 0.449 bits per heavy atom. The summed E-state index contributed by atoms with van der Waals surface area (Å²) < 4.78 is 0. The van der Waals surface area contributed by atoms with Crippen molar-refractivity contribution < 1.29 is 0 Å². The molecule has 4 bridgehead atoms. The lowest BCUT2D eigenvalue weighted by molar-refractivity contribution is -0.0397. The van der Waals surface area contributed by atoms with Gasteiger partial charge in [-0.25, -0.2) is 15.0 Å². The molecule has 12 rings (SSSR count). The van der Waals surface area contributed by atoms with Crippen LogP contribution in [-0.2, 0) is 10.8 Å². The van der Waals surface area contributed by atoms with Gasteiger partial charge < -0.3 is 0 Å². The van der Waals surface area contributed by atoms with Crippen molar-refractivity contribution in [3.05, 3.63) is 138 Å². The molecule has 6 aromatic rings. The van der Waals surface area contributed by atoms with Gasteiger partial charge in [-0.15, -0.1) is 0 Å². The fraction of sp³-hybridized carbons (Fsp3) is 0.283. The van der Waals surface area contributed by atoms with Gasteiger partial charge in [-0.1, -0.05) is 123 Å². The molecular weight excluding hydrogens is 595 g/mol. The smallest absolute Gasteiger partial charge is 0.164 e. The zero-order valence-corrected chi connectivity index (χ0v) is 28.2. The normalized spacial score (nSPS) is 26.0. The van der Waals surface area contributed by atoms with Gasteiger partial charge in [0.2, 0.25) is 0 Å². The standard InChI is InChI=1S/C46H39N3/c1-45(2)38-17-8-6-13-33(38)35-20-19-30(26-40(35)45)43-47-42(29-11-4-3-5-12-29)48-44(49-43)37-16-10-15-36-34-14-7-9-18-39(34)46(41(36)37)31-22-27-21-28(24-31)25-32(46)23-27/h3-20,26-28,31-32H,21-25H2,1-2H3. The van der Waals surface area contributed by atoms with E-state index in [1.54, 1.807) is 5.56 Å². The number of hydrogen-bond acceptors (Lipinski definition) is 3. The second-order valence-corrected chi connectivity index (χ2v) is 16.1. The van der Waals surface area contributed by atoms with Crippen LogP contribution in [0.1, 0.15) is 68.2 Å². The van der Waals surface area contributed by atoms with Crippen LogP contribution >= 0.6 is 0 Å². The van der Waals surface area contributed by atoms with E-state index in [1.807, 2.05) is 0 Å². The molecule has 6 aliphatic rings. The van der Waals surface area contributed by atoms with E-state index < -0.39 is 0 Å². The first kappa shape index (κ1) is 28.0. The number of benzene rings is 5. The molecule has 0 amide bonds.